The zero-order valence-corrected chi connectivity index (χ0v) is 23.5. The molecule has 5 aromatic rings. The van der Waals surface area contributed by atoms with Crippen molar-refractivity contribution in [3.63, 3.8) is 0 Å². The van der Waals surface area contributed by atoms with Crippen LogP contribution >= 0.6 is 0 Å². The lowest BCUT2D eigenvalue weighted by Crippen LogP contribution is -2.46. The van der Waals surface area contributed by atoms with Crippen LogP contribution in [0, 0.1) is 0 Å². The Morgan fingerprint density at radius 3 is 1.98 bits per heavy atom. The number of hydrogen-bond donors (Lipinski definition) is 2. The largest absolute Gasteiger partial charge is 0.490 e. The number of fused-ring (bicyclic) bond motifs is 1. The summed E-state index contributed by atoms with van der Waals surface area (Å²) in [5, 5.41) is 7.12. The zero-order chi connectivity index (χ0) is 32.2. The smallest absolute Gasteiger partial charge is 0.475 e. The summed E-state index contributed by atoms with van der Waals surface area (Å²) >= 11 is 0. The van der Waals surface area contributed by atoms with Crippen molar-refractivity contribution in [3.05, 3.63) is 96.4 Å². The third-order valence-electron chi connectivity index (χ3n) is 7.15. The van der Waals surface area contributed by atoms with Crippen LogP contribution in [0.5, 0.6) is 0 Å². The number of hydrogen-bond acceptors (Lipinski definition) is 6. The van der Waals surface area contributed by atoms with Crippen LogP contribution in [0.25, 0.3) is 33.5 Å². The summed E-state index contributed by atoms with van der Waals surface area (Å²) in [6, 6.07) is 20.0. The first-order valence-corrected chi connectivity index (χ1v) is 13.7. The van der Waals surface area contributed by atoms with E-state index < -0.39 is 23.9 Å². The van der Waals surface area contributed by atoms with Gasteiger partial charge in [-0.15, -0.1) is 0 Å². The number of rotatable bonds is 5. The lowest BCUT2D eigenvalue weighted by atomic mass is 10.0. The number of benzene rings is 3. The number of carbonyl (C=O) groups is 1. The maximum atomic E-state index is 13.0. The number of aromatic amines is 1. The maximum Gasteiger partial charge on any atom is 0.490 e. The van der Waals surface area contributed by atoms with E-state index in [1.165, 1.54) is 11.6 Å². The molecule has 0 atom stereocenters. The van der Waals surface area contributed by atoms with E-state index in [4.69, 9.17) is 9.90 Å². The fourth-order valence-electron chi connectivity index (χ4n) is 4.79. The summed E-state index contributed by atoms with van der Waals surface area (Å²) in [7, 11) is 0. The molecule has 0 radical (unpaired) electrons. The van der Waals surface area contributed by atoms with Crippen LogP contribution in [0.1, 0.15) is 11.1 Å². The van der Waals surface area contributed by atoms with Crippen LogP contribution in [-0.2, 0) is 17.5 Å². The normalized spacial score (nSPS) is 14.2. The highest BCUT2D eigenvalue weighted by Crippen LogP contribution is 2.32. The van der Waals surface area contributed by atoms with Gasteiger partial charge in [-0.2, -0.15) is 26.3 Å². The van der Waals surface area contributed by atoms with E-state index in [0.29, 0.717) is 16.9 Å². The molecule has 6 rings (SSSR count). The molecule has 2 aromatic heterocycles. The number of carboxylic acid groups (broad SMARTS) is 1. The standard InChI is InChI=1S/C29H25F3N6.C2HF3O2/c30-29(31,32)24-9-10-25-26(17-24)36-28(35-25)23-7-5-22(6-8-23)21-3-1-20(2-4-21)19-37-13-15-38(16-14-37)27-18-33-11-12-34-27;3-2(4,5)1(6)7/h1-12,17-18H,13-16,19H2,(H,35,36);(H,6,7). The van der Waals surface area contributed by atoms with Crippen molar-refractivity contribution in [2.24, 2.45) is 0 Å². The van der Waals surface area contributed by atoms with Gasteiger partial charge in [-0.25, -0.2) is 14.8 Å². The van der Waals surface area contributed by atoms with Crippen molar-refractivity contribution in [1.29, 1.82) is 0 Å². The maximum absolute atomic E-state index is 13.0. The van der Waals surface area contributed by atoms with E-state index in [-0.39, 0.29) is 0 Å². The number of nitrogens with zero attached hydrogens (tertiary/aromatic N) is 5. The molecule has 1 fully saturated rings. The summed E-state index contributed by atoms with van der Waals surface area (Å²) in [6.45, 7) is 4.70. The molecule has 0 unspecified atom stereocenters. The predicted octanol–water partition coefficient (Wildman–Crippen LogP) is 6.66. The fraction of sp³-hybridized carbons (Fsp3) is 0.226. The van der Waals surface area contributed by atoms with Gasteiger partial charge < -0.3 is 15.0 Å². The number of halogens is 6. The Kier molecular flexibility index (Phi) is 9.04. The summed E-state index contributed by atoms with van der Waals surface area (Å²) in [4.78, 5) is 29.6. The molecule has 234 valence electrons. The number of piperazine rings is 1. The summed E-state index contributed by atoms with van der Waals surface area (Å²) < 4.78 is 70.8. The molecule has 3 heterocycles. The molecule has 0 aliphatic carbocycles. The third-order valence-corrected chi connectivity index (χ3v) is 7.15. The molecule has 0 spiro atoms. The average Bonchev–Trinajstić information content (AvgIpc) is 3.46. The number of H-pyrrole nitrogens is 1. The van der Waals surface area contributed by atoms with Crippen LogP contribution < -0.4 is 4.90 Å². The number of anilines is 1. The molecule has 0 bridgehead atoms. The van der Waals surface area contributed by atoms with E-state index in [2.05, 4.69) is 54.0 Å². The molecule has 0 amide bonds. The van der Waals surface area contributed by atoms with Gasteiger partial charge >= 0.3 is 18.3 Å². The monoisotopic (exact) mass is 628 g/mol. The SMILES string of the molecule is FC(F)(F)c1ccc2nc(-c3ccc(-c4ccc(CN5CCN(c6cnccn6)CC5)cc4)cc3)[nH]c2c1.O=C(O)C(F)(F)F. The Balaban J connectivity index is 0.000000515. The fourth-order valence-corrected chi connectivity index (χ4v) is 4.79. The van der Waals surface area contributed by atoms with Gasteiger partial charge in [0.2, 0.25) is 0 Å². The van der Waals surface area contributed by atoms with E-state index in [1.807, 2.05) is 30.5 Å². The first-order valence-electron chi connectivity index (χ1n) is 13.7. The van der Waals surface area contributed by atoms with Crippen molar-refractivity contribution in [3.8, 4) is 22.5 Å². The highest BCUT2D eigenvalue weighted by Gasteiger charge is 2.38. The second kappa shape index (κ2) is 12.9. The topological polar surface area (TPSA) is 98.2 Å². The molecule has 3 aromatic carbocycles. The Morgan fingerprint density at radius 2 is 1.42 bits per heavy atom. The Hall–Kier alpha value is -4.98. The van der Waals surface area contributed by atoms with Crippen LogP contribution in [0.4, 0.5) is 32.2 Å². The Morgan fingerprint density at radius 1 is 0.822 bits per heavy atom. The third kappa shape index (κ3) is 7.95. The summed E-state index contributed by atoms with van der Waals surface area (Å²) in [6.07, 6.45) is -4.24. The van der Waals surface area contributed by atoms with Crippen molar-refractivity contribution < 1.29 is 36.2 Å². The van der Waals surface area contributed by atoms with E-state index in [0.717, 1.165) is 67.4 Å². The quantitative estimate of drug-likeness (QED) is 0.210. The van der Waals surface area contributed by atoms with E-state index in [9.17, 15) is 26.3 Å². The molecule has 1 saturated heterocycles. The van der Waals surface area contributed by atoms with Gasteiger partial charge in [-0.1, -0.05) is 48.5 Å². The molecule has 0 saturated carbocycles. The zero-order valence-electron chi connectivity index (χ0n) is 23.5. The minimum absolute atomic E-state index is 0.365. The van der Waals surface area contributed by atoms with Gasteiger partial charge in [0.15, 0.2) is 0 Å². The van der Waals surface area contributed by atoms with Gasteiger partial charge in [-0.05, 0) is 34.9 Å². The molecule has 1 aliphatic rings. The van der Waals surface area contributed by atoms with E-state index in [1.54, 1.807) is 12.4 Å². The van der Waals surface area contributed by atoms with Crippen LogP contribution in [0.2, 0.25) is 0 Å². The summed E-state index contributed by atoms with van der Waals surface area (Å²) in [5.74, 6) is -1.29. The van der Waals surface area contributed by atoms with Crippen molar-refractivity contribution in [1.82, 2.24) is 24.8 Å². The first kappa shape index (κ1) is 31.4. The lowest BCUT2D eigenvalue weighted by molar-refractivity contribution is -0.192. The highest BCUT2D eigenvalue weighted by molar-refractivity contribution is 5.80. The van der Waals surface area contributed by atoms with Crippen molar-refractivity contribution >= 4 is 22.8 Å². The summed E-state index contributed by atoms with van der Waals surface area (Å²) in [5.41, 5.74) is 4.42. The van der Waals surface area contributed by atoms with E-state index >= 15 is 0 Å². The number of nitrogens with one attached hydrogen (secondary N) is 1. The number of imidazole rings is 1. The number of aliphatic carboxylic acids is 1. The Labute approximate surface area is 253 Å². The highest BCUT2D eigenvalue weighted by atomic mass is 19.4. The lowest BCUT2D eigenvalue weighted by Gasteiger charge is -2.35. The predicted molar refractivity (Wildman–Crippen MR) is 155 cm³/mol. The van der Waals surface area contributed by atoms with Crippen molar-refractivity contribution in [2.75, 3.05) is 31.1 Å². The molecular formula is C31H26F6N6O2. The minimum atomic E-state index is -5.08. The molecule has 1 aliphatic heterocycles. The molecule has 2 N–H and O–H groups in total. The van der Waals surface area contributed by atoms with Crippen LogP contribution in [0.15, 0.2) is 85.3 Å². The molecular weight excluding hydrogens is 602 g/mol. The minimum Gasteiger partial charge on any atom is -0.475 e. The van der Waals surface area contributed by atoms with Gasteiger partial charge in [0, 0.05) is 50.7 Å². The molecule has 8 nitrogen and oxygen atoms in total. The van der Waals surface area contributed by atoms with Gasteiger partial charge in [0.1, 0.15) is 11.6 Å². The van der Waals surface area contributed by atoms with Gasteiger partial charge in [0.05, 0.1) is 22.8 Å². The number of alkyl halides is 6. The van der Waals surface area contributed by atoms with Crippen LogP contribution in [-0.4, -0.2) is 68.3 Å². The van der Waals surface area contributed by atoms with Crippen molar-refractivity contribution in [2.45, 2.75) is 18.9 Å². The number of carboxylic acids is 1. The van der Waals surface area contributed by atoms with Crippen LogP contribution in [0.3, 0.4) is 0 Å². The average molecular weight is 629 g/mol. The first-order chi connectivity index (χ1) is 21.4. The number of aromatic nitrogens is 4. The molecule has 45 heavy (non-hydrogen) atoms. The van der Waals surface area contributed by atoms with Gasteiger partial charge in [-0.3, -0.25) is 9.88 Å². The second-order valence-corrected chi connectivity index (χ2v) is 10.2. The molecule has 14 heteroatoms. The Bertz CT molecular complexity index is 1730. The van der Waals surface area contributed by atoms with Gasteiger partial charge in [0.25, 0.3) is 0 Å². The second-order valence-electron chi connectivity index (χ2n) is 10.2.